The molecule has 6 nitrogen and oxygen atoms in total. The number of benzene rings is 1. The minimum Gasteiger partial charge on any atom is -0.497 e. The van der Waals surface area contributed by atoms with Crippen molar-refractivity contribution in [3.63, 3.8) is 0 Å². The molecule has 0 spiro atoms. The number of aromatic amines is 1. The monoisotopic (exact) mass is 382 g/mol. The molecule has 27 heavy (non-hydrogen) atoms. The highest BCUT2D eigenvalue weighted by molar-refractivity contribution is 7.12. The summed E-state index contributed by atoms with van der Waals surface area (Å²) in [4.78, 5) is 15.3. The van der Waals surface area contributed by atoms with Crippen LogP contribution in [0.15, 0.2) is 47.8 Å². The van der Waals surface area contributed by atoms with Crippen molar-refractivity contribution in [2.45, 2.75) is 18.9 Å². The number of piperidine rings is 1. The van der Waals surface area contributed by atoms with Gasteiger partial charge in [-0.1, -0.05) is 6.07 Å². The third-order valence-electron chi connectivity index (χ3n) is 4.79. The van der Waals surface area contributed by atoms with Gasteiger partial charge in [-0.25, -0.2) is 0 Å². The largest absolute Gasteiger partial charge is 0.497 e. The lowest BCUT2D eigenvalue weighted by atomic mass is 10.1. The SMILES string of the molecule is COc1ccc(-c2cc(N3CCCC(NC(=O)c4cccs4)C3)n[nH]2)cc1. The molecule has 3 aromatic rings. The molecule has 2 aromatic heterocycles. The van der Waals surface area contributed by atoms with E-state index in [0.717, 1.165) is 53.6 Å². The Bertz CT molecular complexity index is 889. The topological polar surface area (TPSA) is 70.2 Å². The van der Waals surface area contributed by atoms with Crippen LogP contribution in [-0.2, 0) is 0 Å². The summed E-state index contributed by atoms with van der Waals surface area (Å²) >= 11 is 1.47. The highest BCUT2D eigenvalue weighted by Crippen LogP contribution is 2.25. The van der Waals surface area contributed by atoms with E-state index in [-0.39, 0.29) is 11.9 Å². The second-order valence-electron chi connectivity index (χ2n) is 6.60. The molecular weight excluding hydrogens is 360 g/mol. The van der Waals surface area contributed by atoms with Crippen LogP contribution in [0.4, 0.5) is 5.82 Å². The Labute approximate surface area is 162 Å². The van der Waals surface area contributed by atoms with Crippen LogP contribution in [0.1, 0.15) is 22.5 Å². The average molecular weight is 382 g/mol. The van der Waals surface area contributed by atoms with E-state index >= 15 is 0 Å². The predicted molar refractivity (Wildman–Crippen MR) is 108 cm³/mol. The molecule has 1 fully saturated rings. The second kappa shape index (κ2) is 7.84. The molecule has 2 N–H and O–H groups in total. The first-order valence-electron chi connectivity index (χ1n) is 9.02. The second-order valence-corrected chi connectivity index (χ2v) is 7.55. The zero-order chi connectivity index (χ0) is 18.6. The quantitative estimate of drug-likeness (QED) is 0.708. The van der Waals surface area contributed by atoms with Crippen molar-refractivity contribution in [1.29, 1.82) is 0 Å². The minimum atomic E-state index is 0.0119. The average Bonchev–Trinajstić information content (AvgIpc) is 3.40. The number of aromatic nitrogens is 2. The van der Waals surface area contributed by atoms with Gasteiger partial charge >= 0.3 is 0 Å². The first kappa shape index (κ1) is 17.6. The molecule has 0 saturated carbocycles. The maximum Gasteiger partial charge on any atom is 0.261 e. The van der Waals surface area contributed by atoms with Gasteiger partial charge in [0.15, 0.2) is 5.82 Å². The van der Waals surface area contributed by atoms with Gasteiger partial charge in [-0.2, -0.15) is 5.10 Å². The van der Waals surface area contributed by atoms with E-state index in [4.69, 9.17) is 4.74 Å². The molecule has 0 bridgehead atoms. The minimum absolute atomic E-state index is 0.0119. The number of thiophene rings is 1. The van der Waals surface area contributed by atoms with Gasteiger partial charge in [0, 0.05) is 25.2 Å². The molecule has 1 unspecified atom stereocenters. The molecule has 1 aromatic carbocycles. The lowest BCUT2D eigenvalue weighted by molar-refractivity contribution is 0.0937. The fraction of sp³-hybridized carbons (Fsp3) is 0.300. The van der Waals surface area contributed by atoms with E-state index in [2.05, 4.69) is 26.5 Å². The zero-order valence-electron chi connectivity index (χ0n) is 15.1. The highest BCUT2D eigenvalue weighted by Gasteiger charge is 2.24. The smallest absolute Gasteiger partial charge is 0.261 e. The number of hydrogen-bond acceptors (Lipinski definition) is 5. The molecular formula is C20H22N4O2S. The Morgan fingerprint density at radius 2 is 2.19 bits per heavy atom. The lowest BCUT2D eigenvalue weighted by Gasteiger charge is -2.33. The molecule has 3 heterocycles. The summed E-state index contributed by atoms with van der Waals surface area (Å²) in [5, 5.41) is 12.7. The standard InChI is InChI=1S/C20H22N4O2S/c1-26-16-8-6-14(7-9-16)17-12-19(23-22-17)24-10-2-4-15(13-24)21-20(25)18-5-3-11-27-18/h3,5-9,11-12,15H,2,4,10,13H2,1H3,(H,21,25)(H,22,23). The normalized spacial score (nSPS) is 16.9. The number of H-pyrrole nitrogens is 1. The number of hydrogen-bond donors (Lipinski definition) is 2. The van der Waals surface area contributed by atoms with E-state index in [9.17, 15) is 4.79 Å². The van der Waals surface area contributed by atoms with Crippen LogP contribution >= 0.6 is 11.3 Å². The summed E-state index contributed by atoms with van der Waals surface area (Å²) in [6.07, 6.45) is 2.02. The summed E-state index contributed by atoms with van der Waals surface area (Å²) in [5.74, 6) is 1.76. The molecule has 1 aliphatic heterocycles. The first-order valence-corrected chi connectivity index (χ1v) is 9.90. The molecule has 1 aliphatic rings. The van der Waals surface area contributed by atoms with Crippen LogP contribution in [0.2, 0.25) is 0 Å². The molecule has 0 aliphatic carbocycles. The number of carbonyl (C=O) groups is 1. The lowest BCUT2D eigenvalue weighted by Crippen LogP contribution is -2.47. The number of anilines is 1. The predicted octanol–water partition coefficient (Wildman–Crippen LogP) is 3.55. The summed E-state index contributed by atoms with van der Waals surface area (Å²) in [6, 6.07) is 13.8. The third-order valence-corrected chi connectivity index (χ3v) is 5.66. The summed E-state index contributed by atoms with van der Waals surface area (Å²) in [5.41, 5.74) is 2.03. The van der Waals surface area contributed by atoms with Crippen molar-refractivity contribution >= 4 is 23.1 Å². The van der Waals surface area contributed by atoms with E-state index in [1.54, 1.807) is 7.11 Å². The van der Waals surface area contributed by atoms with E-state index < -0.39 is 0 Å². The Morgan fingerprint density at radius 3 is 2.93 bits per heavy atom. The van der Waals surface area contributed by atoms with Crippen molar-refractivity contribution in [2.24, 2.45) is 0 Å². The third kappa shape index (κ3) is 3.98. The molecule has 1 amide bonds. The van der Waals surface area contributed by atoms with Crippen molar-refractivity contribution < 1.29 is 9.53 Å². The first-order chi connectivity index (χ1) is 13.2. The molecule has 140 valence electrons. The number of amides is 1. The van der Waals surface area contributed by atoms with Gasteiger partial charge in [-0.3, -0.25) is 9.89 Å². The van der Waals surface area contributed by atoms with Gasteiger partial charge in [0.05, 0.1) is 17.7 Å². The molecule has 4 rings (SSSR count). The van der Waals surface area contributed by atoms with Gasteiger partial charge < -0.3 is 15.0 Å². The van der Waals surface area contributed by atoms with Crippen LogP contribution in [-0.4, -0.2) is 42.3 Å². The number of methoxy groups -OCH3 is 1. The van der Waals surface area contributed by atoms with E-state index in [1.165, 1.54) is 11.3 Å². The Kier molecular flexibility index (Phi) is 5.11. The highest BCUT2D eigenvalue weighted by atomic mass is 32.1. The van der Waals surface area contributed by atoms with Crippen molar-refractivity contribution in [1.82, 2.24) is 15.5 Å². The molecule has 7 heteroatoms. The van der Waals surface area contributed by atoms with E-state index in [0.29, 0.717) is 0 Å². The van der Waals surface area contributed by atoms with Crippen molar-refractivity contribution in [3.8, 4) is 17.0 Å². The molecule has 1 saturated heterocycles. The number of ether oxygens (including phenoxy) is 1. The Balaban J connectivity index is 1.42. The van der Waals surface area contributed by atoms with Gasteiger partial charge in [-0.15, -0.1) is 11.3 Å². The van der Waals surface area contributed by atoms with Crippen LogP contribution in [0.5, 0.6) is 5.75 Å². The van der Waals surface area contributed by atoms with Crippen LogP contribution in [0.3, 0.4) is 0 Å². The summed E-state index contributed by atoms with van der Waals surface area (Å²) in [7, 11) is 1.66. The zero-order valence-corrected chi connectivity index (χ0v) is 16.0. The number of carbonyl (C=O) groups excluding carboxylic acids is 1. The van der Waals surface area contributed by atoms with Crippen LogP contribution in [0, 0.1) is 0 Å². The van der Waals surface area contributed by atoms with Crippen LogP contribution in [0.25, 0.3) is 11.3 Å². The van der Waals surface area contributed by atoms with Gasteiger partial charge in [0.2, 0.25) is 0 Å². The Hall–Kier alpha value is -2.80. The van der Waals surface area contributed by atoms with Gasteiger partial charge in [0.1, 0.15) is 5.75 Å². The van der Waals surface area contributed by atoms with E-state index in [1.807, 2.05) is 41.8 Å². The fourth-order valence-corrected chi connectivity index (χ4v) is 3.99. The summed E-state index contributed by atoms with van der Waals surface area (Å²) < 4.78 is 5.21. The number of nitrogens with zero attached hydrogens (tertiary/aromatic N) is 2. The summed E-state index contributed by atoms with van der Waals surface area (Å²) in [6.45, 7) is 1.71. The number of rotatable bonds is 5. The van der Waals surface area contributed by atoms with Gasteiger partial charge in [0.25, 0.3) is 5.91 Å². The molecule has 0 radical (unpaired) electrons. The maximum absolute atomic E-state index is 12.3. The fourth-order valence-electron chi connectivity index (χ4n) is 3.36. The number of nitrogens with one attached hydrogen (secondary N) is 2. The van der Waals surface area contributed by atoms with Crippen molar-refractivity contribution in [2.75, 3.05) is 25.1 Å². The maximum atomic E-state index is 12.3. The van der Waals surface area contributed by atoms with Crippen LogP contribution < -0.4 is 15.0 Å². The Morgan fingerprint density at radius 1 is 1.33 bits per heavy atom. The van der Waals surface area contributed by atoms with Gasteiger partial charge in [-0.05, 0) is 54.1 Å². The molecule has 1 atom stereocenters. The van der Waals surface area contributed by atoms with Crippen molar-refractivity contribution in [3.05, 3.63) is 52.7 Å².